The topological polar surface area (TPSA) is 80.5 Å². The van der Waals surface area contributed by atoms with E-state index in [0.717, 1.165) is 4.90 Å². The molecule has 2 aromatic carbocycles. The molecule has 1 aliphatic heterocycles. The van der Waals surface area contributed by atoms with Crippen LogP contribution in [-0.2, 0) is 0 Å². The Hall–Kier alpha value is -2.67. The molecule has 0 unspecified atom stereocenters. The molecular formula is C17H14N2O4S. The molecule has 0 aromatic heterocycles. The van der Waals surface area contributed by atoms with Crippen LogP contribution in [0.2, 0.25) is 0 Å². The van der Waals surface area contributed by atoms with Gasteiger partial charge in [-0.3, -0.25) is 24.6 Å². The number of imide groups is 1. The number of fused-ring (bicyclic) bond motifs is 1. The van der Waals surface area contributed by atoms with Crippen molar-refractivity contribution < 1.29 is 14.5 Å². The standard InChI is InChI=1S/C17H14N2O4S/c1-11-10-12(6-7-15(11)19(22)23)24-9-8-18-16(20)13-4-2-3-5-14(13)17(18)21/h2-7,10H,8-9H2,1H3. The van der Waals surface area contributed by atoms with Gasteiger partial charge in [-0.05, 0) is 31.2 Å². The van der Waals surface area contributed by atoms with E-state index in [1.807, 2.05) is 0 Å². The fourth-order valence-corrected chi connectivity index (χ4v) is 3.55. The van der Waals surface area contributed by atoms with Crippen molar-refractivity contribution in [1.82, 2.24) is 4.90 Å². The molecule has 0 spiro atoms. The highest BCUT2D eigenvalue weighted by Crippen LogP contribution is 2.27. The number of carbonyl (C=O) groups is 2. The predicted molar refractivity (Wildman–Crippen MR) is 90.4 cm³/mol. The van der Waals surface area contributed by atoms with Gasteiger partial charge < -0.3 is 0 Å². The molecule has 2 amide bonds. The molecule has 0 saturated heterocycles. The second kappa shape index (κ2) is 6.45. The normalized spacial score (nSPS) is 13.3. The van der Waals surface area contributed by atoms with Crippen LogP contribution in [0.3, 0.4) is 0 Å². The van der Waals surface area contributed by atoms with Crippen molar-refractivity contribution in [1.29, 1.82) is 0 Å². The summed E-state index contributed by atoms with van der Waals surface area (Å²) in [5.74, 6) is -0.00456. The summed E-state index contributed by atoms with van der Waals surface area (Å²) in [4.78, 5) is 37.0. The van der Waals surface area contributed by atoms with Gasteiger partial charge in [-0.25, -0.2) is 0 Å². The summed E-state index contributed by atoms with van der Waals surface area (Å²) in [5, 5.41) is 10.8. The average Bonchev–Trinajstić information content (AvgIpc) is 2.80. The van der Waals surface area contributed by atoms with Gasteiger partial charge in [0.1, 0.15) is 0 Å². The van der Waals surface area contributed by atoms with Crippen molar-refractivity contribution in [3.8, 4) is 0 Å². The first kappa shape index (κ1) is 16.2. The molecular weight excluding hydrogens is 328 g/mol. The minimum absolute atomic E-state index is 0.0831. The van der Waals surface area contributed by atoms with Gasteiger partial charge in [0.2, 0.25) is 0 Å². The summed E-state index contributed by atoms with van der Waals surface area (Å²) in [6.07, 6.45) is 0. The lowest BCUT2D eigenvalue weighted by atomic mass is 10.1. The van der Waals surface area contributed by atoms with E-state index in [0.29, 0.717) is 29.0 Å². The average molecular weight is 342 g/mol. The molecule has 0 radical (unpaired) electrons. The maximum absolute atomic E-state index is 12.2. The fourth-order valence-electron chi connectivity index (χ4n) is 2.62. The van der Waals surface area contributed by atoms with E-state index in [1.165, 1.54) is 22.7 Å². The van der Waals surface area contributed by atoms with Crippen molar-refractivity contribution >= 4 is 29.3 Å². The van der Waals surface area contributed by atoms with E-state index in [4.69, 9.17) is 0 Å². The molecule has 1 heterocycles. The Kier molecular flexibility index (Phi) is 4.35. The number of amides is 2. The Balaban J connectivity index is 1.64. The fraction of sp³-hybridized carbons (Fsp3) is 0.176. The van der Waals surface area contributed by atoms with E-state index < -0.39 is 4.92 Å². The van der Waals surface area contributed by atoms with Crippen LogP contribution >= 0.6 is 11.8 Å². The van der Waals surface area contributed by atoms with E-state index in [2.05, 4.69) is 0 Å². The number of nitrogens with zero attached hydrogens (tertiary/aromatic N) is 2. The smallest absolute Gasteiger partial charge is 0.272 e. The van der Waals surface area contributed by atoms with Gasteiger partial charge in [0.15, 0.2) is 0 Å². The van der Waals surface area contributed by atoms with Crippen LogP contribution in [0, 0.1) is 17.0 Å². The summed E-state index contributed by atoms with van der Waals surface area (Å²) in [6, 6.07) is 11.7. The second-order valence-electron chi connectivity index (χ2n) is 5.36. The largest absolute Gasteiger partial charge is 0.273 e. The molecule has 24 heavy (non-hydrogen) atoms. The van der Waals surface area contributed by atoms with Crippen molar-refractivity contribution in [2.45, 2.75) is 11.8 Å². The Morgan fingerprint density at radius 3 is 2.25 bits per heavy atom. The Morgan fingerprint density at radius 2 is 1.71 bits per heavy atom. The molecule has 6 nitrogen and oxygen atoms in total. The number of rotatable bonds is 5. The third-order valence-electron chi connectivity index (χ3n) is 3.83. The first-order valence-corrected chi connectivity index (χ1v) is 8.30. The number of hydrogen-bond donors (Lipinski definition) is 0. The summed E-state index contributed by atoms with van der Waals surface area (Å²) in [7, 11) is 0. The van der Waals surface area contributed by atoms with E-state index in [1.54, 1.807) is 43.3 Å². The monoisotopic (exact) mass is 342 g/mol. The summed E-state index contributed by atoms with van der Waals surface area (Å²) < 4.78 is 0. The number of nitro groups is 1. The lowest BCUT2D eigenvalue weighted by Crippen LogP contribution is -2.31. The van der Waals surface area contributed by atoms with Crippen LogP contribution in [0.1, 0.15) is 26.3 Å². The third-order valence-corrected chi connectivity index (χ3v) is 4.80. The van der Waals surface area contributed by atoms with Gasteiger partial charge in [0.25, 0.3) is 17.5 Å². The first-order valence-electron chi connectivity index (χ1n) is 7.32. The number of aryl methyl sites for hydroxylation is 1. The molecule has 0 saturated carbocycles. The predicted octanol–water partition coefficient (Wildman–Crippen LogP) is 3.29. The lowest BCUT2D eigenvalue weighted by molar-refractivity contribution is -0.385. The molecule has 0 aliphatic carbocycles. The van der Waals surface area contributed by atoms with E-state index >= 15 is 0 Å². The Bertz CT molecular complexity index is 815. The molecule has 0 bridgehead atoms. The minimum Gasteiger partial charge on any atom is -0.273 e. The van der Waals surface area contributed by atoms with Crippen LogP contribution < -0.4 is 0 Å². The molecule has 0 fully saturated rings. The molecule has 3 rings (SSSR count). The summed E-state index contributed by atoms with van der Waals surface area (Å²) >= 11 is 1.46. The van der Waals surface area contributed by atoms with Gasteiger partial charge in [-0.15, -0.1) is 11.8 Å². The van der Waals surface area contributed by atoms with Crippen LogP contribution in [0.15, 0.2) is 47.4 Å². The molecule has 1 aliphatic rings. The van der Waals surface area contributed by atoms with Gasteiger partial charge in [0, 0.05) is 28.8 Å². The molecule has 122 valence electrons. The van der Waals surface area contributed by atoms with Crippen molar-refractivity contribution in [2.24, 2.45) is 0 Å². The van der Waals surface area contributed by atoms with Crippen molar-refractivity contribution in [2.75, 3.05) is 12.3 Å². The minimum atomic E-state index is -0.414. The van der Waals surface area contributed by atoms with Crippen LogP contribution in [0.4, 0.5) is 5.69 Å². The van der Waals surface area contributed by atoms with Crippen LogP contribution in [-0.4, -0.2) is 33.9 Å². The van der Waals surface area contributed by atoms with Crippen molar-refractivity contribution in [3.63, 3.8) is 0 Å². The van der Waals surface area contributed by atoms with Gasteiger partial charge in [0.05, 0.1) is 16.1 Å². The maximum Gasteiger partial charge on any atom is 0.272 e. The highest BCUT2D eigenvalue weighted by molar-refractivity contribution is 7.99. The maximum atomic E-state index is 12.2. The van der Waals surface area contributed by atoms with Gasteiger partial charge in [-0.1, -0.05) is 12.1 Å². The highest BCUT2D eigenvalue weighted by Gasteiger charge is 2.34. The molecule has 2 aromatic rings. The second-order valence-corrected chi connectivity index (χ2v) is 6.53. The Labute approximate surface area is 142 Å². The zero-order chi connectivity index (χ0) is 17.3. The zero-order valence-electron chi connectivity index (χ0n) is 12.9. The molecule has 0 atom stereocenters. The number of thioether (sulfide) groups is 1. The van der Waals surface area contributed by atoms with Crippen molar-refractivity contribution in [3.05, 3.63) is 69.3 Å². The quantitative estimate of drug-likeness (QED) is 0.360. The Morgan fingerprint density at radius 1 is 1.08 bits per heavy atom. The third kappa shape index (κ3) is 2.90. The lowest BCUT2D eigenvalue weighted by Gasteiger charge is -2.13. The number of carbonyl (C=O) groups excluding carboxylic acids is 2. The molecule has 0 N–H and O–H groups in total. The SMILES string of the molecule is Cc1cc(SCCN2C(=O)c3ccccc3C2=O)ccc1[N+](=O)[O-]. The summed E-state index contributed by atoms with van der Waals surface area (Å²) in [5.41, 5.74) is 1.56. The molecule has 7 heteroatoms. The highest BCUT2D eigenvalue weighted by atomic mass is 32.2. The zero-order valence-corrected chi connectivity index (χ0v) is 13.7. The van der Waals surface area contributed by atoms with Crippen LogP contribution in [0.25, 0.3) is 0 Å². The number of nitro benzene ring substituents is 1. The van der Waals surface area contributed by atoms with E-state index in [-0.39, 0.29) is 17.5 Å². The van der Waals surface area contributed by atoms with Gasteiger partial charge in [-0.2, -0.15) is 0 Å². The summed E-state index contributed by atoms with van der Waals surface area (Å²) in [6.45, 7) is 1.99. The van der Waals surface area contributed by atoms with Crippen LogP contribution in [0.5, 0.6) is 0 Å². The van der Waals surface area contributed by atoms with Gasteiger partial charge >= 0.3 is 0 Å². The number of hydrogen-bond acceptors (Lipinski definition) is 5. The first-order chi connectivity index (χ1) is 11.5. The number of benzene rings is 2. The van der Waals surface area contributed by atoms with E-state index in [9.17, 15) is 19.7 Å².